The number of hydrogen-bond acceptors (Lipinski definition) is 1. The van der Waals surface area contributed by atoms with Gasteiger partial charge in [-0.25, -0.2) is 0 Å². The zero-order valence-corrected chi connectivity index (χ0v) is 7.81. The molecule has 2 atom stereocenters. The summed E-state index contributed by atoms with van der Waals surface area (Å²) >= 11 is 5.91. The minimum absolute atomic E-state index is 0.380. The number of rotatable bonds is 1. The maximum Gasteiger partial charge on any atom is 0.0435 e. The molecule has 0 heterocycles. The average molecular weight is 182 g/mol. The predicted molar refractivity (Wildman–Crippen MR) is 51.5 cm³/mol. The van der Waals surface area contributed by atoms with E-state index in [1.54, 1.807) is 0 Å². The molecular weight excluding hydrogens is 170 g/mol. The second kappa shape index (κ2) is 2.75. The molecule has 0 aromatic heterocycles. The van der Waals surface area contributed by atoms with Gasteiger partial charge in [-0.15, -0.1) is 0 Å². The van der Waals surface area contributed by atoms with Crippen LogP contribution in [-0.2, 0) is 0 Å². The Balaban J connectivity index is 2.29. The lowest BCUT2D eigenvalue weighted by Gasteiger charge is -2.01. The zero-order chi connectivity index (χ0) is 8.72. The molecule has 0 radical (unpaired) electrons. The Kier molecular flexibility index (Phi) is 1.85. The largest absolute Gasteiger partial charge is 0.327 e. The molecule has 0 bridgehead atoms. The first-order valence-corrected chi connectivity index (χ1v) is 4.58. The normalized spacial score (nSPS) is 27.2. The summed E-state index contributed by atoms with van der Waals surface area (Å²) in [6, 6.07) is 6.55. The standard InChI is InChI=1S/C10H12ClN/c1-6-4-7(2-3-9(6)11)8-5-10(8)12/h2-4,8,10H,5,12H2,1H3/t8?,10-/m1/s1. The van der Waals surface area contributed by atoms with Gasteiger partial charge in [0.25, 0.3) is 0 Å². The van der Waals surface area contributed by atoms with Gasteiger partial charge in [0.2, 0.25) is 0 Å². The molecule has 12 heavy (non-hydrogen) atoms. The fourth-order valence-electron chi connectivity index (χ4n) is 1.50. The molecule has 0 aliphatic heterocycles. The Hall–Kier alpha value is -0.530. The summed E-state index contributed by atoms with van der Waals surface area (Å²) in [6.07, 6.45) is 1.13. The number of benzene rings is 1. The zero-order valence-electron chi connectivity index (χ0n) is 7.05. The smallest absolute Gasteiger partial charge is 0.0435 e. The highest BCUT2D eigenvalue weighted by molar-refractivity contribution is 6.31. The molecule has 2 N–H and O–H groups in total. The van der Waals surface area contributed by atoms with Gasteiger partial charge in [0, 0.05) is 17.0 Å². The molecular formula is C10H12ClN. The van der Waals surface area contributed by atoms with Gasteiger partial charge in [0.1, 0.15) is 0 Å². The Bertz CT molecular complexity index is 309. The van der Waals surface area contributed by atoms with Crippen LogP contribution >= 0.6 is 11.6 Å². The van der Waals surface area contributed by atoms with Gasteiger partial charge in [-0.2, -0.15) is 0 Å². The molecule has 1 aliphatic rings. The van der Waals surface area contributed by atoms with Crippen LogP contribution in [0.25, 0.3) is 0 Å². The molecule has 1 fully saturated rings. The fourth-order valence-corrected chi connectivity index (χ4v) is 1.61. The van der Waals surface area contributed by atoms with Crippen molar-refractivity contribution in [3.63, 3.8) is 0 Å². The molecule has 64 valence electrons. The lowest BCUT2D eigenvalue weighted by molar-refractivity contribution is 0.988. The second-order valence-corrected chi connectivity index (χ2v) is 3.92. The molecule has 1 saturated carbocycles. The van der Waals surface area contributed by atoms with Crippen molar-refractivity contribution in [2.45, 2.75) is 25.3 Å². The molecule has 1 nitrogen and oxygen atoms in total. The van der Waals surface area contributed by atoms with Gasteiger partial charge in [-0.3, -0.25) is 0 Å². The molecule has 1 aromatic carbocycles. The highest BCUT2D eigenvalue weighted by Crippen LogP contribution is 2.39. The van der Waals surface area contributed by atoms with Crippen LogP contribution in [0.15, 0.2) is 18.2 Å². The third-order valence-corrected chi connectivity index (χ3v) is 2.87. The SMILES string of the molecule is Cc1cc(C2C[C@H]2N)ccc1Cl. The van der Waals surface area contributed by atoms with Crippen LogP contribution in [0.2, 0.25) is 5.02 Å². The van der Waals surface area contributed by atoms with E-state index in [9.17, 15) is 0 Å². The summed E-state index contributed by atoms with van der Waals surface area (Å²) < 4.78 is 0. The topological polar surface area (TPSA) is 26.0 Å². The first-order chi connectivity index (χ1) is 5.68. The molecule has 2 rings (SSSR count). The van der Waals surface area contributed by atoms with Crippen molar-refractivity contribution in [3.8, 4) is 0 Å². The maximum atomic E-state index is 5.91. The van der Waals surface area contributed by atoms with Gasteiger partial charge >= 0.3 is 0 Å². The predicted octanol–water partition coefficient (Wildman–Crippen LogP) is 2.46. The number of aryl methyl sites for hydroxylation is 1. The van der Waals surface area contributed by atoms with E-state index < -0.39 is 0 Å². The summed E-state index contributed by atoms with van der Waals surface area (Å²) in [5, 5.41) is 0.841. The van der Waals surface area contributed by atoms with E-state index in [4.69, 9.17) is 17.3 Å². The van der Waals surface area contributed by atoms with Gasteiger partial charge in [-0.1, -0.05) is 23.7 Å². The Morgan fingerprint density at radius 2 is 2.17 bits per heavy atom. The highest BCUT2D eigenvalue weighted by atomic mass is 35.5. The Morgan fingerprint density at radius 3 is 2.67 bits per heavy atom. The van der Waals surface area contributed by atoms with Crippen molar-refractivity contribution < 1.29 is 0 Å². The van der Waals surface area contributed by atoms with Crippen LogP contribution in [-0.4, -0.2) is 6.04 Å². The van der Waals surface area contributed by atoms with Crippen molar-refractivity contribution in [2.75, 3.05) is 0 Å². The monoisotopic (exact) mass is 181 g/mol. The van der Waals surface area contributed by atoms with Crippen molar-refractivity contribution in [2.24, 2.45) is 5.73 Å². The van der Waals surface area contributed by atoms with E-state index in [1.165, 1.54) is 5.56 Å². The quantitative estimate of drug-likeness (QED) is 0.708. The first-order valence-electron chi connectivity index (χ1n) is 4.20. The van der Waals surface area contributed by atoms with Crippen LogP contribution in [0.5, 0.6) is 0 Å². The number of nitrogens with two attached hydrogens (primary N) is 1. The van der Waals surface area contributed by atoms with Crippen LogP contribution < -0.4 is 5.73 Å². The van der Waals surface area contributed by atoms with E-state index in [2.05, 4.69) is 12.1 Å². The van der Waals surface area contributed by atoms with Crippen molar-refractivity contribution in [3.05, 3.63) is 34.3 Å². The summed E-state index contributed by atoms with van der Waals surface area (Å²) in [5.41, 5.74) is 8.24. The summed E-state index contributed by atoms with van der Waals surface area (Å²) in [6.45, 7) is 2.03. The van der Waals surface area contributed by atoms with E-state index in [0.29, 0.717) is 12.0 Å². The van der Waals surface area contributed by atoms with E-state index in [1.807, 2.05) is 13.0 Å². The minimum atomic E-state index is 0.380. The maximum absolute atomic E-state index is 5.91. The first kappa shape index (κ1) is 8.09. The third-order valence-electron chi connectivity index (χ3n) is 2.45. The molecule has 1 unspecified atom stereocenters. The van der Waals surface area contributed by atoms with E-state index in [0.717, 1.165) is 17.0 Å². The molecule has 0 amide bonds. The van der Waals surface area contributed by atoms with Crippen molar-refractivity contribution >= 4 is 11.6 Å². The second-order valence-electron chi connectivity index (χ2n) is 3.51. The van der Waals surface area contributed by atoms with Crippen molar-refractivity contribution in [1.29, 1.82) is 0 Å². The fraction of sp³-hybridized carbons (Fsp3) is 0.400. The van der Waals surface area contributed by atoms with E-state index in [-0.39, 0.29) is 0 Å². The Morgan fingerprint density at radius 1 is 1.50 bits per heavy atom. The van der Waals surface area contributed by atoms with Gasteiger partial charge in [0.05, 0.1) is 0 Å². The number of halogens is 1. The summed E-state index contributed by atoms with van der Waals surface area (Å²) in [5.74, 6) is 0.584. The van der Waals surface area contributed by atoms with Crippen molar-refractivity contribution in [1.82, 2.24) is 0 Å². The lowest BCUT2D eigenvalue weighted by Crippen LogP contribution is -2.00. The average Bonchev–Trinajstić information content (AvgIpc) is 2.73. The molecule has 1 aromatic rings. The molecule has 0 spiro atoms. The van der Waals surface area contributed by atoms with Crippen LogP contribution in [0.1, 0.15) is 23.5 Å². The minimum Gasteiger partial charge on any atom is -0.327 e. The number of hydrogen-bond donors (Lipinski definition) is 1. The molecule has 0 saturated heterocycles. The third kappa shape index (κ3) is 1.35. The summed E-state index contributed by atoms with van der Waals surface area (Å²) in [4.78, 5) is 0. The van der Waals surface area contributed by atoms with Gasteiger partial charge in [-0.05, 0) is 30.5 Å². The van der Waals surface area contributed by atoms with Crippen LogP contribution in [0.3, 0.4) is 0 Å². The molecule has 2 heteroatoms. The highest BCUT2D eigenvalue weighted by Gasteiger charge is 2.34. The Labute approximate surface area is 77.5 Å². The summed E-state index contributed by atoms with van der Waals surface area (Å²) in [7, 11) is 0. The van der Waals surface area contributed by atoms with Gasteiger partial charge in [0.15, 0.2) is 0 Å². The van der Waals surface area contributed by atoms with Crippen LogP contribution in [0.4, 0.5) is 0 Å². The van der Waals surface area contributed by atoms with Gasteiger partial charge < -0.3 is 5.73 Å². The van der Waals surface area contributed by atoms with Crippen LogP contribution in [0, 0.1) is 6.92 Å². The lowest BCUT2D eigenvalue weighted by atomic mass is 10.1. The van der Waals surface area contributed by atoms with E-state index >= 15 is 0 Å². The molecule has 1 aliphatic carbocycles.